The second kappa shape index (κ2) is 8.71. The molecule has 25 heavy (non-hydrogen) atoms. The third-order valence-corrected chi connectivity index (χ3v) is 4.10. The van der Waals surface area contributed by atoms with Crippen LogP contribution in [0.15, 0.2) is 29.2 Å². The van der Waals surface area contributed by atoms with Gasteiger partial charge < -0.3 is 9.47 Å². The van der Waals surface area contributed by atoms with Gasteiger partial charge in [-0.05, 0) is 44.2 Å². The molecule has 1 aliphatic heterocycles. The number of carbonyl (C=O) groups excluding carboxylic acids is 3. The summed E-state index contributed by atoms with van der Waals surface area (Å²) in [6.07, 6.45) is 2.18. The van der Waals surface area contributed by atoms with E-state index in [1.54, 1.807) is 19.9 Å². The summed E-state index contributed by atoms with van der Waals surface area (Å²) in [5, 5.41) is -0.482. The van der Waals surface area contributed by atoms with Crippen molar-refractivity contribution in [2.24, 2.45) is 0 Å². The Kier molecular flexibility index (Phi) is 6.64. The number of thioether (sulfide) groups is 1. The van der Waals surface area contributed by atoms with Gasteiger partial charge in [0.25, 0.3) is 11.1 Å². The van der Waals surface area contributed by atoms with E-state index in [0.29, 0.717) is 17.9 Å². The molecule has 2 amide bonds. The van der Waals surface area contributed by atoms with E-state index < -0.39 is 17.1 Å². The summed E-state index contributed by atoms with van der Waals surface area (Å²) in [6.45, 7) is 5.60. The molecule has 0 aliphatic carbocycles. The summed E-state index contributed by atoms with van der Waals surface area (Å²) in [5.41, 5.74) is 0.714. The highest BCUT2D eigenvalue weighted by atomic mass is 32.2. The van der Waals surface area contributed by atoms with Crippen molar-refractivity contribution in [3.05, 3.63) is 34.7 Å². The summed E-state index contributed by atoms with van der Waals surface area (Å²) in [4.78, 5) is 37.4. The van der Waals surface area contributed by atoms with Crippen molar-refractivity contribution in [1.29, 1.82) is 0 Å². The lowest BCUT2D eigenvalue weighted by Crippen LogP contribution is -2.35. The molecule has 1 aromatic carbocycles. The maximum Gasteiger partial charge on any atom is 0.326 e. The molecule has 0 spiro atoms. The van der Waals surface area contributed by atoms with Gasteiger partial charge in [0.15, 0.2) is 0 Å². The van der Waals surface area contributed by atoms with Gasteiger partial charge in [-0.2, -0.15) is 0 Å². The number of rotatable bonds is 7. The number of ether oxygens (including phenoxy) is 2. The molecule has 0 unspecified atom stereocenters. The first-order valence-corrected chi connectivity index (χ1v) is 8.90. The first-order valence-electron chi connectivity index (χ1n) is 8.09. The third kappa shape index (κ3) is 5.09. The van der Waals surface area contributed by atoms with E-state index in [-0.39, 0.29) is 17.6 Å². The normalized spacial score (nSPS) is 16.0. The lowest BCUT2D eigenvalue weighted by molar-refractivity contribution is -0.149. The molecule has 0 saturated carbocycles. The van der Waals surface area contributed by atoms with E-state index in [9.17, 15) is 14.4 Å². The van der Waals surface area contributed by atoms with E-state index in [2.05, 4.69) is 0 Å². The fourth-order valence-electron chi connectivity index (χ4n) is 2.15. The molecular weight excluding hydrogens is 342 g/mol. The topological polar surface area (TPSA) is 72.9 Å². The van der Waals surface area contributed by atoms with E-state index in [4.69, 9.17) is 9.47 Å². The zero-order chi connectivity index (χ0) is 18.4. The van der Waals surface area contributed by atoms with Crippen molar-refractivity contribution in [2.75, 3.05) is 13.2 Å². The minimum Gasteiger partial charge on any atom is -0.493 e. The molecule has 1 saturated heterocycles. The summed E-state index contributed by atoms with van der Waals surface area (Å²) in [5.74, 6) is -0.457. The molecule has 1 aliphatic rings. The molecule has 0 radical (unpaired) electrons. The number of hydrogen-bond acceptors (Lipinski definition) is 6. The standard InChI is InChI=1S/C18H21NO5S/c1-4-9-23-14-8-6-5-7-13(14)10-15-17(21)19(18(22)25-15)11-16(20)24-12(2)3/h5-8,10,12H,4,9,11H2,1-3H3/b15-10+. The predicted molar refractivity (Wildman–Crippen MR) is 96.1 cm³/mol. The van der Waals surface area contributed by atoms with Gasteiger partial charge in [0.05, 0.1) is 17.6 Å². The van der Waals surface area contributed by atoms with Crippen molar-refractivity contribution in [1.82, 2.24) is 4.90 Å². The van der Waals surface area contributed by atoms with Crippen LogP contribution in [0.3, 0.4) is 0 Å². The van der Waals surface area contributed by atoms with Crippen LogP contribution in [0.1, 0.15) is 32.8 Å². The quantitative estimate of drug-likeness (QED) is 0.546. The average molecular weight is 363 g/mol. The Morgan fingerprint density at radius 2 is 2.00 bits per heavy atom. The Morgan fingerprint density at radius 3 is 2.68 bits per heavy atom. The van der Waals surface area contributed by atoms with Crippen molar-refractivity contribution >= 4 is 35.0 Å². The van der Waals surface area contributed by atoms with E-state index in [1.165, 1.54) is 0 Å². The lowest BCUT2D eigenvalue weighted by atomic mass is 10.2. The van der Waals surface area contributed by atoms with E-state index in [0.717, 1.165) is 23.1 Å². The third-order valence-electron chi connectivity index (χ3n) is 3.20. The van der Waals surface area contributed by atoms with Gasteiger partial charge in [-0.3, -0.25) is 19.3 Å². The summed E-state index contributed by atoms with van der Waals surface area (Å²) in [7, 11) is 0. The highest BCUT2D eigenvalue weighted by molar-refractivity contribution is 8.18. The van der Waals surface area contributed by atoms with Crippen LogP contribution in [0.25, 0.3) is 6.08 Å². The Balaban J connectivity index is 2.16. The van der Waals surface area contributed by atoms with Crippen molar-refractivity contribution in [3.63, 3.8) is 0 Å². The monoisotopic (exact) mass is 363 g/mol. The fraction of sp³-hybridized carbons (Fsp3) is 0.389. The van der Waals surface area contributed by atoms with Gasteiger partial charge >= 0.3 is 5.97 Å². The molecule has 1 heterocycles. The Morgan fingerprint density at radius 1 is 1.28 bits per heavy atom. The Bertz CT molecular complexity index is 698. The van der Waals surface area contributed by atoms with Crippen molar-refractivity contribution < 1.29 is 23.9 Å². The maximum atomic E-state index is 12.4. The number of para-hydroxylation sites is 1. The van der Waals surface area contributed by atoms with Crippen LogP contribution in [0.5, 0.6) is 5.75 Å². The molecule has 0 aromatic heterocycles. The zero-order valence-corrected chi connectivity index (χ0v) is 15.3. The Hall–Kier alpha value is -2.28. The molecule has 6 nitrogen and oxygen atoms in total. The molecule has 134 valence electrons. The first-order chi connectivity index (χ1) is 11.9. The van der Waals surface area contributed by atoms with Gasteiger partial charge in [0.2, 0.25) is 0 Å². The van der Waals surface area contributed by atoms with E-state index in [1.807, 2.05) is 31.2 Å². The molecule has 7 heteroatoms. The molecule has 0 bridgehead atoms. The smallest absolute Gasteiger partial charge is 0.326 e. The van der Waals surface area contributed by atoms with Crippen LogP contribution in [-0.2, 0) is 14.3 Å². The number of hydrogen-bond donors (Lipinski definition) is 0. The largest absolute Gasteiger partial charge is 0.493 e. The van der Waals surface area contributed by atoms with Gasteiger partial charge in [-0.25, -0.2) is 0 Å². The average Bonchev–Trinajstić information content (AvgIpc) is 2.81. The van der Waals surface area contributed by atoms with Gasteiger partial charge in [-0.15, -0.1) is 0 Å². The van der Waals surface area contributed by atoms with E-state index >= 15 is 0 Å². The van der Waals surface area contributed by atoms with Gasteiger partial charge in [0, 0.05) is 5.56 Å². The minimum atomic E-state index is -0.606. The van der Waals surface area contributed by atoms with Gasteiger partial charge in [-0.1, -0.05) is 25.1 Å². The zero-order valence-electron chi connectivity index (χ0n) is 14.5. The van der Waals surface area contributed by atoms with Crippen LogP contribution in [0.4, 0.5) is 4.79 Å². The molecular formula is C18H21NO5S. The van der Waals surface area contributed by atoms with Crippen molar-refractivity contribution in [3.8, 4) is 5.75 Å². The SMILES string of the molecule is CCCOc1ccccc1/C=C1/SC(=O)N(CC(=O)OC(C)C)C1=O. The Labute approximate surface area is 151 Å². The second-order valence-electron chi connectivity index (χ2n) is 5.69. The number of amides is 2. The highest BCUT2D eigenvalue weighted by Gasteiger charge is 2.36. The summed E-state index contributed by atoms with van der Waals surface area (Å²) < 4.78 is 10.6. The van der Waals surface area contributed by atoms with Crippen molar-refractivity contribution in [2.45, 2.75) is 33.3 Å². The highest BCUT2D eigenvalue weighted by Crippen LogP contribution is 2.33. The van der Waals surface area contributed by atoms with Crippen LogP contribution in [-0.4, -0.2) is 41.3 Å². The molecule has 1 fully saturated rings. The van der Waals surface area contributed by atoms with Crippen LogP contribution >= 0.6 is 11.8 Å². The number of imide groups is 1. The van der Waals surface area contributed by atoms with Crippen LogP contribution < -0.4 is 4.74 Å². The minimum absolute atomic E-state index is 0.259. The summed E-state index contributed by atoms with van der Waals surface area (Å²) in [6, 6.07) is 7.29. The number of nitrogens with zero attached hydrogens (tertiary/aromatic N) is 1. The second-order valence-corrected chi connectivity index (χ2v) is 6.69. The molecule has 1 aromatic rings. The number of carbonyl (C=O) groups is 3. The van der Waals surface area contributed by atoms with Crippen LogP contribution in [0.2, 0.25) is 0 Å². The predicted octanol–water partition coefficient (Wildman–Crippen LogP) is 3.46. The first kappa shape index (κ1) is 19.1. The van der Waals surface area contributed by atoms with Crippen LogP contribution in [0, 0.1) is 0 Å². The molecule has 2 rings (SSSR count). The lowest BCUT2D eigenvalue weighted by Gasteiger charge is -2.13. The number of benzene rings is 1. The molecule has 0 N–H and O–H groups in total. The summed E-state index contributed by atoms with van der Waals surface area (Å²) >= 11 is 0.805. The number of esters is 1. The molecule has 0 atom stereocenters. The maximum absolute atomic E-state index is 12.4. The van der Waals surface area contributed by atoms with Gasteiger partial charge in [0.1, 0.15) is 12.3 Å². The fourth-order valence-corrected chi connectivity index (χ4v) is 2.98.